The lowest BCUT2D eigenvalue weighted by molar-refractivity contribution is -0.118. The molecule has 0 spiro atoms. The third-order valence-electron chi connectivity index (χ3n) is 3.80. The van der Waals surface area contributed by atoms with Gasteiger partial charge in [-0.2, -0.15) is 4.31 Å². The molecule has 1 amide bonds. The maximum Gasteiger partial charge on any atom is 0.244 e. The van der Waals surface area contributed by atoms with Gasteiger partial charge in [0.2, 0.25) is 15.9 Å². The summed E-state index contributed by atoms with van der Waals surface area (Å²) >= 11 is 7.56. The number of benzene rings is 1. The highest BCUT2D eigenvalue weighted by Crippen LogP contribution is 2.33. The van der Waals surface area contributed by atoms with Crippen molar-refractivity contribution < 1.29 is 13.2 Å². The van der Waals surface area contributed by atoms with E-state index >= 15 is 0 Å². The highest BCUT2D eigenvalue weighted by molar-refractivity contribution is 7.88. The van der Waals surface area contributed by atoms with Crippen LogP contribution in [-0.4, -0.2) is 75.5 Å². The minimum Gasteiger partial charge on any atom is -0.309 e. The van der Waals surface area contributed by atoms with Crippen LogP contribution in [0, 0.1) is 0 Å². The van der Waals surface area contributed by atoms with Gasteiger partial charge in [0.1, 0.15) is 5.52 Å². The highest BCUT2D eigenvalue weighted by atomic mass is 35.5. The number of hydrogen-bond acceptors (Lipinski definition) is 6. The molecule has 27 heavy (non-hydrogen) atoms. The van der Waals surface area contributed by atoms with Gasteiger partial charge < -0.3 is 4.90 Å². The molecule has 152 valence electrons. The number of fused-ring (bicyclic) bond motifs is 1. The lowest BCUT2D eigenvalue weighted by Crippen LogP contribution is -2.41. The van der Waals surface area contributed by atoms with Crippen LogP contribution in [-0.2, 0) is 14.8 Å². The second kappa shape index (κ2) is 9.99. The Kier molecular flexibility index (Phi) is 8.91. The van der Waals surface area contributed by atoms with Gasteiger partial charge in [0.05, 0.1) is 22.5 Å². The predicted octanol–water partition coefficient (Wildman–Crippen LogP) is 2.55. The van der Waals surface area contributed by atoms with E-state index in [4.69, 9.17) is 11.6 Å². The van der Waals surface area contributed by atoms with Crippen LogP contribution in [0.15, 0.2) is 18.2 Å². The van der Waals surface area contributed by atoms with E-state index in [0.29, 0.717) is 22.2 Å². The Morgan fingerprint density at radius 3 is 2.44 bits per heavy atom. The van der Waals surface area contributed by atoms with Gasteiger partial charge in [-0.3, -0.25) is 9.69 Å². The topological polar surface area (TPSA) is 73.8 Å². The number of sulfonamides is 1. The molecule has 2 rings (SSSR count). The van der Waals surface area contributed by atoms with Gasteiger partial charge in [0, 0.05) is 13.6 Å². The molecule has 0 unspecified atom stereocenters. The lowest BCUT2D eigenvalue weighted by Gasteiger charge is -2.23. The number of hydrogen-bond donors (Lipinski definition) is 0. The van der Waals surface area contributed by atoms with Crippen LogP contribution in [0.1, 0.15) is 6.42 Å². The second-order valence-corrected chi connectivity index (χ2v) is 9.81. The molecule has 0 radical (unpaired) electrons. The van der Waals surface area contributed by atoms with E-state index in [-0.39, 0.29) is 24.9 Å². The summed E-state index contributed by atoms with van der Waals surface area (Å²) in [6, 6.07) is 5.48. The van der Waals surface area contributed by atoms with Crippen molar-refractivity contribution in [3.05, 3.63) is 23.2 Å². The molecule has 0 saturated carbocycles. The van der Waals surface area contributed by atoms with Crippen LogP contribution < -0.4 is 4.90 Å². The second-order valence-electron chi connectivity index (χ2n) is 6.30. The smallest absolute Gasteiger partial charge is 0.244 e. The van der Waals surface area contributed by atoms with Gasteiger partial charge in [-0.25, -0.2) is 13.4 Å². The third-order valence-corrected chi connectivity index (χ3v) is 6.41. The fourth-order valence-corrected chi connectivity index (χ4v) is 3.94. The van der Waals surface area contributed by atoms with Crippen LogP contribution in [0.2, 0.25) is 5.02 Å². The summed E-state index contributed by atoms with van der Waals surface area (Å²) in [5.74, 6) is -0.313. The Morgan fingerprint density at radius 1 is 1.22 bits per heavy atom. The minimum atomic E-state index is -3.44. The number of anilines is 1. The predicted molar refractivity (Wildman–Crippen MR) is 115 cm³/mol. The maximum absolute atomic E-state index is 12.8. The van der Waals surface area contributed by atoms with Crippen LogP contribution in [0.4, 0.5) is 5.13 Å². The number of carbonyl (C=O) groups excluding carboxylic acids is 1. The minimum absolute atomic E-state index is 0. The lowest BCUT2D eigenvalue weighted by atomic mass is 10.3. The number of halogens is 2. The molecule has 0 aliphatic heterocycles. The molecule has 0 bridgehead atoms. The van der Waals surface area contributed by atoms with Gasteiger partial charge in [-0.05, 0) is 39.2 Å². The summed E-state index contributed by atoms with van der Waals surface area (Å²) in [4.78, 5) is 20.9. The van der Waals surface area contributed by atoms with Crippen LogP contribution in [0.25, 0.3) is 10.2 Å². The molecule has 0 fully saturated rings. The Hall–Kier alpha value is -0.970. The van der Waals surface area contributed by atoms with Crippen LogP contribution >= 0.6 is 35.3 Å². The molecule has 11 heteroatoms. The summed E-state index contributed by atoms with van der Waals surface area (Å²) in [5.41, 5.74) is 0.649. The molecule has 0 atom stereocenters. The largest absolute Gasteiger partial charge is 0.309 e. The zero-order valence-electron chi connectivity index (χ0n) is 15.7. The van der Waals surface area contributed by atoms with E-state index in [2.05, 4.69) is 4.98 Å². The number of thiazole rings is 1. The van der Waals surface area contributed by atoms with Crippen molar-refractivity contribution in [1.82, 2.24) is 14.2 Å². The molecular formula is C16H24Cl2N4O3S2. The van der Waals surface area contributed by atoms with Crippen molar-refractivity contribution in [1.29, 1.82) is 0 Å². The first kappa shape index (κ1) is 24.1. The van der Waals surface area contributed by atoms with Crippen molar-refractivity contribution in [2.75, 3.05) is 51.9 Å². The molecular weight excluding hydrogens is 431 g/mol. The third kappa shape index (κ3) is 6.55. The first-order valence-corrected chi connectivity index (χ1v) is 11.1. The molecule has 1 aromatic heterocycles. The van der Waals surface area contributed by atoms with Gasteiger partial charge in [0.15, 0.2) is 5.13 Å². The maximum atomic E-state index is 12.8. The number of amides is 1. The standard InChI is InChI=1S/C16H23ClN4O3S2.ClH/c1-19(2)9-6-10-21(14(22)11-20(3)26(4,23)24)16-18-15-12(17)7-5-8-13(15)25-16;/h5,7-8H,6,9-11H2,1-4H3;1H. The number of likely N-dealkylation sites (N-methyl/N-ethyl adjacent to an activating group) is 1. The summed E-state index contributed by atoms with van der Waals surface area (Å²) in [6.45, 7) is 1.02. The zero-order valence-corrected chi connectivity index (χ0v) is 18.9. The molecule has 1 heterocycles. The van der Waals surface area contributed by atoms with E-state index in [1.54, 1.807) is 11.0 Å². The monoisotopic (exact) mass is 454 g/mol. The Balaban J connectivity index is 0.00000364. The number of carbonyl (C=O) groups is 1. The van der Waals surface area contributed by atoms with Crippen molar-refractivity contribution >= 4 is 66.6 Å². The van der Waals surface area contributed by atoms with Crippen LogP contribution in [0.3, 0.4) is 0 Å². The van der Waals surface area contributed by atoms with Crippen molar-refractivity contribution in [2.24, 2.45) is 0 Å². The molecule has 0 aliphatic rings. The van der Waals surface area contributed by atoms with E-state index < -0.39 is 10.0 Å². The summed E-state index contributed by atoms with van der Waals surface area (Å²) in [5, 5.41) is 1.05. The van der Waals surface area contributed by atoms with E-state index in [9.17, 15) is 13.2 Å². The normalized spacial score (nSPS) is 11.8. The average Bonchev–Trinajstić information content (AvgIpc) is 2.95. The molecule has 7 nitrogen and oxygen atoms in total. The van der Waals surface area contributed by atoms with Gasteiger partial charge in [0.25, 0.3) is 0 Å². The van der Waals surface area contributed by atoms with Gasteiger partial charge >= 0.3 is 0 Å². The number of aromatic nitrogens is 1. The van der Waals surface area contributed by atoms with Crippen molar-refractivity contribution in [3.63, 3.8) is 0 Å². The van der Waals surface area contributed by atoms with Crippen molar-refractivity contribution in [3.8, 4) is 0 Å². The first-order valence-electron chi connectivity index (χ1n) is 8.01. The molecule has 1 aromatic carbocycles. The first-order chi connectivity index (χ1) is 12.1. The number of nitrogens with zero attached hydrogens (tertiary/aromatic N) is 4. The van der Waals surface area contributed by atoms with Crippen LogP contribution in [0.5, 0.6) is 0 Å². The van der Waals surface area contributed by atoms with E-state index in [1.807, 2.05) is 31.1 Å². The Bertz CT molecular complexity index is 887. The summed E-state index contributed by atoms with van der Waals surface area (Å²) < 4.78 is 25.2. The fourth-order valence-electron chi connectivity index (χ4n) is 2.28. The molecule has 0 saturated heterocycles. The quantitative estimate of drug-likeness (QED) is 0.612. The van der Waals surface area contributed by atoms with Gasteiger partial charge in [-0.1, -0.05) is 29.0 Å². The SMILES string of the molecule is CN(C)CCCN(C(=O)CN(C)S(C)(=O)=O)c1nc2c(Cl)cccc2s1.Cl. The van der Waals surface area contributed by atoms with E-state index in [1.165, 1.54) is 18.4 Å². The fraction of sp³-hybridized carbons (Fsp3) is 0.500. The number of para-hydroxylation sites is 1. The summed E-state index contributed by atoms with van der Waals surface area (Å²) in [6.07, 6.45) is 1.82. The Labute approximate surface area is 175 Å². The Morgan fingerprint density at radius 2 is 1.89 bits per heavy atom. The average molecular weight is 455 g/mol. The van der Waals surface area contributed by atoms with Gasteiger partial charge in [-0.15, -0.1) is 12.4 Å². The molecule has 0 N–H and O–H groups in total. The summed E-state index contributed by atoms with van der Waals surface area (Å²) in [7, 11) is 1.87. The zero-order chi connectivity index (χ0) is 19.5. The van der Waals surface area contributed by atoms with Crippen molar-refractivity contribution in [2.45, 2.75) is 6.42 Å². The molecule has 0 aliphatic carbocycles. The molecule has 2 aromatic rings. The highest BCUT2D eigenvalue weighted by Gasteiger charge is 2.24. The number of rotatable bonds is 8. The van der Waals surface area contributed by atoms with E-state index in [0.717, 1.165) is 28.2 Å².